The minimum Gasteiger partial charge on any atom is -0.378 e. The summed E-state index contributed by atoms with van der Waals surface area (Å²) in [6.07, 6.45) is 0. The minimum atomic E-state index is -0.727. The molecule has 0 atom stereocenters. The van der Waals surface area contributed by atoms with E-state index in [4.69, 9.17) is 4.74 Å². The third-order valence-corrected chi connectivity index (χ3v) is 3.15. The highest BCUT2D eigenvalue weighted by Crippen LogP contribution is 2.21. The van der Waals surface area contributed by atoms with Crippen molar-refractivity contribution in [3.05, 3.63) is 33.8 Å². The number of carbonyl (C=O) groups excluding carboxylic acids is 1. The van der Waals surface area contributed by atoms with Gasteiger partial charge in [-0.15, -0.1) is 0 Å². The molecule has 1 fully saturated rings. The van der Waals surface area contributed by atoms with Gasteiger partial charge in [0.1, 0.15) is 11.6 Å². The van der Waals surface area contributed by atoms with Crippen LogP contribution in [0.1, 0.15) is 10.4 Å². The van der Waals surface area contributed by atoms with E-state index in [1.807, 2.05) is 0 Å². The Balaban J connectivity index is 2.26. The molecule has 0 bridgehead atoms. The number of amides is 1. The third-order valence-electron chi connectivity index (χ3n) is 2.54. The smallest absolute Gasteiger partial charge is 0.257 e. The Labute approximate surface area is 105 Å². The fraction of sp³-hybridized carbons (Fsp3) is 0.364. The molecule has 1 aliphatic heterocycles. The molecule has 0 aromatic heterocycles. The predicted molar refractivity (Wildman–Crippen MR) is 60.8 cm³/mol. The monoisotopic (exact) mass is 305 g/mol. The van der Waals surface area contributed by atoms with Crippen LogP contribution < -0.4 is 0 Å². The largest absolute Gasteiger partial charge is 0.378 e. The Kier molecular flexibility index (Phi) is 3.73. The first-order chi connectivity index (χ1) is 8.09. The van der Waals surface area contributed by atoms with E-state index in [1.54, 1.807) is 0 Å². The van der Waals surface area contributed by atoms with Crippen LogP contribution in [0.25, 0.3) is 0 Å². The van der Waals surface area contributed by atoms with Gasteiger partial charge in [-0.3, -0.25) is 4.79 Å². The molecule has 6 heteroatoms. The van der Waals surface area contributed by atoms with Crippen LogP contribution in [0.4, 0.5) is 8.78 Å². The van der Waals surface area contributed by atoms with E-state index in [9.17, 15) is 13.6 Å². The molecule has 0 N–H and O–H groups in total. The van der Waals surface area contributed by atoms with Crippen LogP contribution in [-0.4, -0.2) is 37.1 Å². The van der Waals surface area contributed by atoms with Crippen molar-refractivity contribution >= 4 is 21.8 Å². The van der Waals surface area contributed by atoms with Crippen LogP contribution in [0, 0.1) is 11.6 Å². The van der Waals surface area contributed by atoms with Crippen LogP contribution in [0.5, 0.6) is 0 Å². The minimum absolute atomic E-state index is 0.00790. The molecular weight excluding hydrogens is 296 g/mol. The van der Waals surface area contributed by atoms with Crippen molar-refractivity contribution < 1.29 is 18.3 Å². The zero-order valence-electron chi connectivity index (χ0n) is 8.88. The van der Waals surface area contributed by atoms with Crippen molar-refractivity contribution in [2.45, 2.75) is 0 Å². The summed E-state index contributed by atoms with van der Waals surface area (Å²) in [6.45, 7) is 1.64. The number of nitrogens with zero attached hydrogens (tertiary/aromatic N) is 1. The summed E-state index contributed by atoms with van der Waals surface area (Å²) in [6, 6.07) is 1.88. The maximum atomic E-state index is 13.6. The van der Waals surface area contributed by atoms with E-state index in [0.717, 1.165) is 12.1 Å². The lowest BCUT2D eigenvalue weighted by Gasteiger charge is -2.27. The van der Waals surface area contributed by atoms with Crippen molar-refractivity contribution in [3.63, 3.8) is 0 Å². The van der Waals surface area contributed by atoms with Gasteiger partial charge in [-0.25, -0.2) is 8.78 Å². The number of morpholine rings is 1. The van der Waals surface area contributed by atoms with Crippen LogP contribution in [0.2, 0.25) is 0 Å². The zero-order valence-corrected chi connectivity index (χ0v) is 10.5. The molecule has 1 aromatic rings. The van der Waals surface area contributed by atoms with Crippen molar-refractivity contribution in [2.75, 3.05) is 26.3 Å². The quantitative estimate of drug-likeness (QED) is 0.745. The third kappa shape index (κ3) is 2.63. The molecule has 0 radical (unpaired) electrons. The average Bonchev–Trinajstić information content (AvgIpc) is 2.34. The highest BCUT2D eigenvalue weighted by Gasteiger charge is 2.22. The Hall–Kier alpha value is -1.01. The highest BCUT2D eigenvalue weighted by atomic mass is 79.9. The van der Waals surface area contributed by atoms with Crippen molar-refractivity contribution in [1.29, 1.82) is 0 Å². The molecule has 0 spiro atoms. The number of rotatable bonds is 1. The first-order valence-electron chi connectivity index (χ1n) is 5.11. The van der Waals surface area contributed by atoms with E-state index in [0.29, 0.717) is 26.3 Å². The van der Waals surface area contributed by atoms with Crippen molar-refractivity contribution in [3.8, 4) is 0 Å². The summed E-state index contributed by atoms with van der Waals surface area (Å²) in [5.41, 5.74) is -0.243. The second kappa shape index (κ2) is 5.10. The maximum absolute atomic E-state index is 13.6. The molecule has 17 heavy (non-hydrogen) atoms. The lowest BCUT2D eigenvalue weighted by Crippen LogP contribution is -2.41. The Morgan fingerprint density at radius 3 is 2.53 bits per heavy atom. The van der Waals surface area contributed by atoms with Gasteiger partial charge < -0.3 is 9.64 Å². The summed E-state index contributed by atoms with van der Waals surface area (Å²) in [5.74, 6) is -1.88. The van der Waals surface area contributed by atoms with Crippen molar-refractivity contribution in [2.24, 2.45) is 0 Å². The molecule has 1 aromatic carbocycles. The van der Waals surface area contributed by atoms with E-state index in [-0.39, 0.29) is 10.0 Å². The van der Waals surface area contributed by atoms with Crippen LogP contribution >= 0.6 is 15.9 Å². The molecule has 0 unspecified atom stereocenters. The first-order valence-corrected chi connectivity index (χ1v) is 5.90. The topological polar surface area (TPSA) is 29.5 Å². The average molecular weight is 306 g/mol. The summed E-state index contributed by atoms with van der Waals surface area (Å²) in [4.78, 5) is 13.4. The molecule has 3 nitrogen and oxygen atoms in total. The molecule has 1 heterocycles. The molecule has 1 amide bonds. The summed E-state index contributed by atoms with van der Waals surface area (Å²) < 4.78 is 31.9. The highest BCUT2D eigenvalue weighted by molar-refractivity contribution is 9.10. The van der Waals surface area contributed by atoms with Gasteiger partial charge in [0, 0.05) is 13.1 Å². The van der Waals surface area contributed by atoms with Crippen LogP contribution in [0.15, 0.2) is 16.6 Å². The van der Waals surface area contributed by atoms with Crippen LogP contribution in [-0.2, 0) is 4.74 Å². The predicted octanol–water partition coefficient (Wildman–Crippen LogP) is 2.20. The second-order valence-electron chi connectivity index (χ2n) is 3.65. The molecule has 0 aliphatic carbocycles. The van der Waals surface area contributed by atoms with Gasteiger partial charge in [-0.2, -0.15) is 0 Å². The Bertz CT molecular complexity index is 447. The summed E-state index contributed by atoms with van der Waals surface area (Å²) in [5, 5.41) is 0. The Morgan fingerprint density at radius 2 is 1.88 bits per heavy atom. The van der Waals surface area contributed by atoms with Gasteiger partial charge in [0.25, 0.3) is 5.91 Å². The van der Waals surface area contributed by atoms with Gasteiger partial charge in [-0.1, -0.05) is 0 Å². The lowest BCUT2D eigenvalue weighted by atomic mass is 10.1. The van der Waals surface area contributed by atoms with Gasteiger partial charge in [0.05, 0.1) is 23.2 Å². The van der Waals surface area contributed by atoms with Gasteiger partial charge in [0.2, 0.25) is 0 Å². The summed E-state index contributed by atoms with van der Waals surface area (Å²) >= 11 is 2.87. The molecule has 2 rings (SSSR count). The number of carbonyl (C=O) groups is 1. The number of ether oxygens (including phenoxy) is 1. The van der Waals surface area contributed by atoms with Crippen LogP contribution in [0.3, 0.4) is 0 Å². The van der Waals surface area contributed by atoms with E-state index < -0.39 is 17.5 Å². The number of benzene rings is 1. The molecule has 1 aliphatic rings. The van der Waals surface area contributed by atoms with E-state index in [1.165, 1.54) is 4.90 Å². The van der Waals surface area contributed by atoms with Gasteiger partial charge >= 0.3 is 0 Å². The SMILES string of the molecule is O=C(c1cc(F)c(Br)cc1F)N1CCOCC1. The maximum Gasteiger partial charge on any atom is 0.257 e. The van der Waals surface area contributed by atoms with E-state index in [2.05, 4.69) is 15.9 Å². The standard InChI is InChI=1S/C11H10BrF2NO2/c12-8-6-9(13)7(5-10(8)14)11(16)15-1-3-17-4-2-15/h5-6H,1-4H2. The van der Waals surface area contributed by atoms with Gasteiger partial charge in [0.15, 0.2) is 0 Å². The fourth-order valence-electron chi connectivity index (χ4n) is 1.62. The first kappa shape index (κ1) is 12.4. The van der Waals surface area contributed by atoms with Crippen molar-refractivity contribution in [1.82, 2.24) is 4.90 Å². The number of hydrogen-bond donors (Lipinski definition) is 0. The second-order valence-corrected chi connectivity index (χ2v) is 4.51. The van der Waals surface area contributed by atoms with E-state index >= 15 is 0 Å². The fourth-order valence-corrected chi connectivity index (χ4v) is 1.94. The van der Waals surface area contributed by atoms with Gasteiger partial charge in [-0.05, 0) is 28.1 Å². The Morgan fingerprint density at radius 1 is 1.24 bits per heavy atom. The zero-order chi connectivity index (χ0) is 12.4. The normalized spacial score (nSPS) is 16.1. The molecule has 92 valence electrons. The molecule has 1 saturated heterocycles. The molecular formula is C11H10BrF2NO2. The lowest BCUT2D eigenvalue weighted by molar-refractivity contribution is 0.0299. The summed E-state index contributed by atoms with van der Waals surface area (Å²) in [7, 11) is 0. The number of hydrogen-bond acceptors (Lipinski definition) is 2. The number of halogens is 3. The molecule has 0 saturated carbocycles.